The highest BCUT2D eigenvalue weighted by molar-refractivity contribution is 5.77. The maximum atomic E-state index is 12.0. The number of anilines is 1. The van der Waals surface area contributed by atoms with Crippen LogP contribution in [0.2, 0.25) is 0 Å². The molecule has 2 rings (SSSR count). The van der Waals surface area contributed by atoms with Crippen molar-refractivity contribution in [2.75, 3.05) is 31.1 Å². The largest absolute Gasteiger partial charge is 0.313 e. The van der Waals surface area contributed by atoms with Gasteiger partial charge in [0, 0.05) is 18.8 Å². The fraction of sp³-hybridized carbons (Fsp3) is 0.741. The topological polar surface area (TPSA) is 23.6 Å². The first kappa shape index (κ1) is 24.9. The number of benzene rings is 1. The molecule has 1 aromatic rings. The van der Waals surface area contributed by atoms with Crippen LogP contribution in [-0.2, 0) is 4.79 Å². The quantitative estimate of drug-likeness (QED) is 0.369. The SMILES string of the molecule is CCCN(CC)CCN(C=O)c1ccccc1C1CCCC(C(C)(C)CC)CCC1. The molecular formula is C27H46N2O. The number of hydrogen-bond donors (Lipinski definition) is 0. The van der Waals surface area contributed by atoms with E-state index in [0.29, 0.717) is 11.3 Å². The molecule has 3 heteroatoms. The van der Waals surface area contributed by atoms with Gasteiger partial charge in [0.15, 0.2) is 0 Å². The van der Waals surface area contributed by atoms with Crippen LogP contribution < -0.4 is 4.90 Å². The molecule has 170 valence electrons. The fourth-order valence-corrected chi connectivity index (χ4v) is 5.21. The van der Waals surface area contributed by atoms with E-state index in [1.54, 1.807) is 0 Å². The van der Waals surface area contributed by atoms with E-state index in [1.165, 1.54) is 50.5 Å². The minimum atomic E-state index is 0.461. The Morgan fingerprint density at radius 3 is 2.20 bits per heavy atom. The minimum Gasteiger partial charge on any atom is -0.313 e. The van der Waals surface area contributed by atoms with Crippen LogP contribution in [0.25, 0.3) is 0 Å². The molecule has 3 nitrogen and oxygen atoms in total. The number of amides is 1. The summed E-state index contributed by atoms with van der Waals surface area (Å²) in [5.41, 5.74) is 2.98. The van der Waals surface area contributed by atoms with Crippen molar-refractivity contribution < 1.29 is 4.79 Å². The Kier molecular flexibility index (Phi) is 10.4. The molecule has 0 spiro atoms. The summed E-state index contributed by atoms with van der Waals surface area (Å²) in [6, 6.07) is 8.66. The van der Waals surface area contributed by atoms with E-state index < -0.39 is 0 Å². The van der Waals surface area contributed by atoms with E-state index in [1.807, 2.05) is 4.90 Å². The van der Waals surface area contributed by atoms with Crippen LogP contribution in [0.1, 0.15) is 97.5 Å². The van der Waals surface area contributed by atoms with Crippen molar-refractivity contribution >= 4 is 12.1 Å². The third-order valence-corrected chi connectivity index (χ3v) is 7.68. The molecule has 1 aromatic carbocycles. The highest BCUT2D eigenvalue weighted by Gasteiger charge is 2.29. The lowest BCUT2D eigenvalue weighted by Gasteiger charge is -2.36. The van der Waals surface area contributed by atoms with Gasteiger partial charge in [0.25, 0.3) is 0 Å². The van der Waals surface area contributed by atoms with Gasteiger partial charge in [-0.25, -0.2) is 0 Å². The molecule has 1 aliphatic rings. The summed E-state index contributed by atoms with van der Waals surface area (Å²) in [5.74, 6) is 1.43. The summed E-state index contributed by atoms with van der Waals surface area (Å²) in [6.45, 7) is 15.5. The van der Waals surface area contributed by atoms with Gasteiger partial charge in [-0.15, -0.1) is 0 Å². The number of rotatable bonds is 11. The Bertz CT molecular complexity index is 617. The van der Waals surface area contributed by atoms with Crippen molar-refractivity contribution in [3.05, 3.63) is 29.8 Å². The highest BCUT2D eigenvalue weighted by atomic mass is 16.1. The van der Waals surface area contributed by atoms with Crippen LogP contribution in [0.4, 0.5) is 5.69 Å². The smallest absolute Gasteiger partial charge is 0.214 e. The van der Waals surface area contributed by atoms with Gasteiger partial charge in [-0.3, -0.25) is 4.79 Å². The molecule has 0 unspecified atom stereocenters. The lowest BCUT2D eigenvalue weighted by atomic mass is 9.69. The summed E-state index contributed by atoms with van der Waals surface area (Å²) >= 11 is 0. The molecule has 1 aliphatic carbocycles. The predicted molar refractivity (Wildman–Crippen MR) is 130 cm³/mol. The number of hydrogen-bond acceptors (Lipinski definition) is 2. The van der Waals surface area contributed by atoms with E-state index in [0.717, 1.165) is 50.6 Å². The zero-order valence-electron chi connectivity index (χ0n) is 20.3. The molecule has 0 aliphatic heterocycles. The summed E-state index contributed by atoms with van der Waals surface area (Å²) < 4.78 is 0. The van der Waals surface area contributed by atoms with Crippen molar-refractivity contribution in [2.24, 2.45) is 11.3 Å². The summed E-state index contributed by atoms with van der Waals surface area (Å²) in [7, 11) is 0. The molecule has 0 aromatic heterocycles. The van der Waals surface area contributed by atoms with Crippen molar-refractivity contribution in [1.29, 1.82) is 0 Å². The van der Waals surface area contributed by atoms with E-state index in [-0.39, 0.29) is 0 Å². The third kappa shape index (κ3) is 6.83. The van der Waals surface area contributed by atoms with Gasteiger partial charge in [0.1, 0.15) is 0 Å². The Labute approximate surface area is 186 Å². The normalized spacial score (nSPS) is 20.6. The monoisotopic (exact) mass is 414 g/mol. The van der Waals surface area contributed by atoms with Gasteiger partial charge >= 0.3 is 0 Å². The number of nitrogens with zero attached hydrogens (tertiary/aromatic N) is 2. The second kappa shape index (κ2) is 12.5. The lowest BCUT2D eigenvalue weighted by molar-refractivity contribution is -0.107. The molecule has 0 saturated heterocycles. The van der Waals surface area contributed by atoms with Gasteiger partial charge in [-0.05, 0) is 74.1 Å². The minimum absolute atomic E-state index is 0.461. The molecular weight excluding hydrogens is 368 g/mol. The van der Waals surface area contributed by atoms with Crippen molar-refractivity contribution in [3.8, 4) is 0 Å². The Morgan fingerprint density at radius 2 is 1.63 bits per heavy atom. The standard InChI is InChI=1S/C27H46N2O/c1-6-19-28(8-3)20-21-29(22-30)26-18-10-9-17-25(26)23-13-11-15-24(16-12-14-23)27(4,5)7-2/h9-10,17-18,22-24H,6-8,11-16,19-21H2,1-5H3. The zero-order valence-corrected chi connectivity index (χ0v) is 20.3. The molecule has 0 bridgehead atoms. The van der Waals surface area contributed by atoms with Crippen LogP contribution in [-0.4, -0.2) is 37.5 Å². The first-order valence-corrected chi connectivity index (χ1v) is 12.5. The van der Waals surface area contributed by atoms with Gasteiger partial charge in [-0.1, -0.05) is 72.1 Å². The second-order valence-corrected chi connectivity index (χ2v) is 9.89. The van der Waals surface area contributed by atoms with Crippen LogP contribution in [0.15, 0.2) is 24.3 Å². The molecule has 0 atom stereocenters. The Hall–Kier alpha value is -1.35. The number of carbonyl (C=O) groups is 1. The van der Waals surface area contributed by atoms with E-state index in [4.69, 9.17) is 0 Å². The Morgan fingerprint density at radius 1 is 0.967 bits per heavy atom. The molecule has 1 saturated carbocycles. The number of carbonyl (C=O) groups excluding carboxylic acids is 1. The summed E-state index contributed by atoms with van der Waals surface area (Å²) in [5, 5.41) is 0. The van der Waals surface area contributed by atoms with Crippen LogP contribution >= 0.6 is 0 Å². The number of likely N-dealkylation sites (N-methyl/N-ethyl adjacent to an activating group) is 1. The van der Waals surface area contributed by atoms with Gasteiger partial charge in [0.05, 0.1) is 0 Å². The maximum absolute atomic E-state index is 12.0. The van der Waals surface area contributed by atoms with Crippen LogP contribution in [0, 0.1) is 11.3 Å². The molecule has 0 heterocycles. The predicted octanol–water partition coefficient (Wildman–Crippen LogP) is 6.87. The van der Waals surface area contributed by atoms with Gasteiger partial charge < -0.3 is 9.80 Å². The third-order valence-electron chi connectivity index (χ3n) is 7.68. The lowest BCUT2D eigenvalue weighted by Crippen LogP contribution is -2.35. The molecule has 0 N–H and O–H groups in total. The van der Waals surface area contributed by atoms with Gasteiger partial charge in [-0.2, -0.15) is 0 Å². The maximum Gasteiger partial charge on any atom is 0.214 e. The second-order valence-electron chi connectivity index (χ2n) is 9.89. The molecule has 30 heavy (non-hydrogen) atoms. The molecule has 1 amide bonds. The summed E-state index contributed by atoms with van der Waals surface area (Å²) in [6.07, 6.45) is 11.3. The molecule has 1 fully saturated rings. The Balaban J connectivity index is 2.09. The van der Waals surface area contributed by atoms with E-state index in [9.17, 15) is 4.79 Å². The molecule has 0 radical (unpaired) electrons. The highest BCUT2D eigenvalue weighted by Crippen LogP contribution is 2.43. The van der Waals surface area contributed by atoms with Crippen molar-refractivity contribution in [2.45, 2.75) is 91.9 Å². The summed E-state index contributed by atoms with van der Waals surface area (Å²) in [4.78, 5) is 16.4. The van der Waals surface area contributed by atoms with Gasteiger partial charge in [0.2, 0.25) is 6.41 Å². The van der Waals surface area contributed by atoms with Crippen molar-refractivity contribution in [1.82, 2.24) is 4.90 Å². The van der Waals surface area contributed by atoms with Crippen molar-refractivity contribution in [3.63, 3.8) is 0 Å². The van der Waals surface area contributed by atoms with E-state index >= 15 is 0 Å². The van der Waals surface area contributed by atoms with Crippen LogP contribution in [0.5, 0.6) is 0 Å². The average molecular weight is 415 g/mol. The first-order chi connectivity index (χ1) is 14.5. The average Bonchev–Trinajstić information content (AvgIpc) is 2.73. The first-order valence-electron chi connectivity index (χ1n) is 12.5. The van der Waals surface area contributed by atoms with E-state index in [2.05, 4.69) is 63.8 Å². The number of para-hydroxylation sites is 1. The fourth-order valence-electron chi connectivity index (χ4n) is 5.21. The zero-order chi connectivity index (χ0) is 22.0. The van der Waals surface area contributed by atoms with Crippen LogP contribution in [0.3, 0.4) is 0 Å².